The molecule has 0 amide bonds. The van der Waals surface area contributed by atoms with E-state index in [4.69, 9.17) is 4.74 Å². The molecule has 27 heavy (non-hydrogen) atoms. The van der Waals surface area contributed by atoms with E-state index in [1.165, 1.54) is 0 Å². The lowest BCUT2D eigenvalue weighted by molar-refractivity contribution is 0.342. The molecule has 1 heterocycles. The summed E-state index contributed by atoms with van der Waals surface area (Å²) < 4.78 is 36.2. The fourth-order valence-electron chi connectivity index (χ4n) is 2.66. The largest absolute Gasteiger partial charge is 0.492 e. The Morgan fingerprint density at radius 3 is 2.41 bits per heavy atom. The van der Waals surface area contributed by atoms with Crippen molar-refractivity contribution in [1.29, 1.82) is 0 Å². The zero-order valence-corrected chi connectivity index (χ0v) is 16.4. The molecular formula is C20H23N3O3S. The first-order valence-corrected chi connectivity index (χ1v) is 10.3. The Morgan fingerprint density at radius 1 is 1.07 bits per heavy atom. The number of benzene rings is 2. The van der Waals surface area contributed by atoms with Crippen LogP contribution < -0.4 is 9.46 Å². The summed E-state index contributed by atoms with van der Waals surface area (Å²) in [5.74, 6) is 0.487. The van der Waals surface area contributed by atoms with E-state index in [1.807, 2.05) is 51.1 Å². The van der Waals surface area contributed by atoms with E-state index in [9.17, 15) is 8.42 Å². The first kappa shape index (κ1) is 19.0. The van der Waals surface area contributed by atoms with Crippen molar-refractivity contribution in [1.82, 2.24) is 9.78 Å². The van der Waals surface area contributed by atoms with Crippen LogP contribution in [0.4, 0.5) is 5.69 Å². The van der Waals surface area contributed by atoms with Crippen LogP contribution >= 0.6 is 0 Å². The minimum absolute atomic E-state index is 0.0344. The molecule has 0 radical (unpaired) electrons. The van der Waals surface area contributed by atoms with Gasteiger partial charge in [0.05, 0.1) is 12.3 Å². The van der Waals surface area contributed by atoms with Gasteiger partial charge in [0.1, 0.15) is 16.3 Å². The number of rotatable bonds is 7. The second-order valence-corrected chi connectivity index (χ2v) is 7.97. The van der Waals surface area contributed by atoms with Gasteiger partial charge in [-0.1, -0.05) is 42.5 Å². The Labute approximate surface area is 159 Å². The average molecular weight is 385 g/mol. The van der Waals surface area contributed by atoms with Crippen LogP contribution in [0.25, 0.3) is 11.3 Å². The molecule has 0 saturated heterocycles. The SMILES string of the molecule is CCOc1ccccc1NS(=O)(=O)c1cn(C(C)C)nc1-c1ccccc1. The molecule has 0 aliphatic carbocycles. The van der Waals surface area contributed by atoms with Gasteiger partial charge in [0.2, 0.25) is 0 Å². The molecule has 3 aromatic rings. The van der Waals surface area contributed by atoms with Gasteiger partial charge >= 0.3 is 0 Å². The Bertz CT molecular complexity index is 1010. The molecule has 3 rings (SSSR count). The minimum Gasteiger partial charge on any atom is -0.492 e. The molecular weight excluding hydrogens is 362 g/mol. The Balaban J connectivity index is 2.07. The van der Waals surface area contributed by atoms with Crippen molar-refractivity contribution in [3.63, 3.8) is 0 Å². The highest BCUT2D eigenvalue weighted by atomic mass is 32.2. The lowest BCUT2D eigenvalue weighted by Gasteiger charge is -2.12. The van der Waals surface area contributed by atoms with Gasteiger partial charge in [0.15, 0.2) is 0 Å². The quantitative estimate of drug-likeness (QED) is 0.657. The molecule has 1 N–H and O–H groups in total. The first-order valence-electron chi connectivity index (χ1n) is 8.81. The van der Waals surface area contributed by atoms with Crippen LogP contribution in [0.1, 0.15) is 26.8 Å². The van der Waals surface area contributed by atoms with E-state index < -0.39 is 10.0 Å². The van der Waals surface area contributed by atoms with Gasteiger partial charge < -0.3 is 4.74 Å². The number of hydrogen-bond donors (Lipinski definition) is 1. The second-order valence-electron chi connectivity index (χ2n) is 6.32. The third kappa shape index (κ3) is 4.14. The molecule has 0 aliphatic rings. The third-order valence-corrected chi connectivity index (χ3v) is 5.36. The maximum absolute atomic E-state index is 13.2. The van der Waals surface area contributed by atoms with Gasteiger partial charge in [-0.3, -0.25) is 9.40 Å². The monoisotopic (exact) mass is 385 g/mol. The number of aromatic nitrogens is 2. The first-order chi connectivity index (χ1) is 12.9. The van der Waals surface area contributed by atoms with Crippen molar-refractivity contribution in [2.75, 3.05) is 11.3 Å². The van der Waals surface area contributed by atoms with E-state index in [1.54, 1.807) is 35.1 Å². The van der Waals surface area contributed by atoms with Crippen LogP contribution in [0.15, 0.2) is 65.7 Å². The van der Waals surface area contributed by atoms with E-state index in [0.717, 1.165) is 5.56 Å². The Hall–Kier alpha value is -2.80. The lowest BCUT2D eigenvalue weighted by atomic mass is 10.2. The van der Waals surface area contributed by atoms with Crippen molar-refractivity contribution in [2.24, 2.45) is 0 Å². The summed E-state index contributed by atoms with van der Waals surface area (Å²) in [5, 5.41) is 4.51. The van der Waals surface area contributed by atoms with Crippen molar-refractivity contribution >= 4 is 15.7 Å². The van der Waals surface area contributed by atoms with Crippen molar-refractivity contribution in [3.8, 4) is 17.0 Å². The van der Waals surface area contributed by atoms with Gasteiger partial charge in [-0.25, -0.2) is 8.42 Å². The number of nitrogens with one attached hydrogen (secondary N) is 1. The summed E-state index contributed by atoms with van der Waals surface area (Å²) in [6, 6.07) is 16.3. The molecule has 6 nitrogen and oxygen atoms in total. The Morgan fingerprint density at radius 2 is 1.74 bits per heavy atom. The van der Waals surface area contributed by atoms with Crippen molar-refractivity contribution < 1.29 is 13.2 Å². The predicted molar refractivity (Wildman–Crippen MR) is 106 cm³/mol. The van der Waals surface area contributed by atoms with Crippen LogP contribution in [0.3, 0.4) is 0 Å². The summed E-state index contributed by atoms with van der Waals surface area (Å²) in [5.41, 5.74) is 1.57. The van der Waals surface area contributed by atoms with Crippen molar-refractivity contribution in [2.45, 2.75) is 31.7 Å². The molecule has 142 valence electrons. The molecule has 0 unspecified atom stereocenters. The molecule has 0 atom stereocenters. The number of hydrogen-bond acceptors (Lipinski definition) is 4. The number of ether oxygens (including phenoxy) is 1. The second kappa shape index (κ2) is 7.84. The topological polar surface area (TPSA) is 73.2 Å². The molecule has 1 aromatic heterocycles. The van der Waals surface area contributed by atoms with Crippen LogP contribution in [0, 0.1) is 0 Å². The molecule has 0 spiro atoms. The summed E-state index contributed by atoms with van der Waals surface area (Å²) in [6.45, 7) is 6.21. The standard InChI is InChI=1S/C20H23N3O3S/c1-4-26-18-13-9-8-12-17(18)22-27(24,25)19-14-23(15(2)3)21-20(19)16-10-6-5-7-11-16/h5-15,22H,4H2,1-3H3. The molecule has 0 aliphatic heterocycles. The highest BCUT2D eigenvalue weighted by molar-refractivity contribution is 7.92. The zero-order chi connectivity index (χ0) is 19.4. The van der Waals surface area contributed by atoms with E-state index in [2.05, 4.69) is 9.82 Å². The molecule has 2 aromatic carbocycles. The van der Waals surface area contributed by atoms with Gasteiger partial charge in [0, 0.05) is 17.8 Å². The maximum atomic E-state index is 13.2. The van der Waals surface area contributed by atoms with Crippen LogP contribution in [-0.2, 0) is 10.0 Å². The highest BCUT2D eigenvalue weighted by Crippen LogP contribution is 2.31. The smallest absolute Gasteiger partial charge is 0.265 e. The predicted octanol–water partition coefficient (Wildman–Crippen LogP) is 4.33. The van der Waals surface area contributed by atoms with Gasteiger partial charge in [0.25, 0.3) is 10.0 Å². The van der Waals surface area contributed by atoms with Crippen LogP contribution in [0.5, 0.6) is 5.75 Å². The molecule has 7 heteroatoms. The molecule has 0 bridgehead atoms. The van der Waals surface area contributed by atoms with Gasteiger partial charge in [-0.2, -0.15) is 5.10 Å². The van der Waals surface area contributed by atoms with Gasteiger partial charge in [-0.05, 0) is 32.9 Å². The third-order valence-electron chi connectivity index (χ3n) is 4.00. The van der Waals surface area contributed by atoms with E-state index in [-0.39, 0.29) is 10.9 Å². The summed E-state index contributed by atoms with van der Waals surface area (Å²) >= 11 is 0. The lowest BCUT2D eigenvalue weighted by Crippen LogP contribution is -2.14. The van der Waals surface area contributed by atoms with E-state index >= 15 is 0 Å². The number of anilines is 1. The zero-order valence-electron chi connectivity index (χ0n) is 15.6. The van der Waals surface area contributed by atoms with Crippen LogP contribution in [-0.4, -0.2) is 24.8 Å². The number of para-hydroxylation sites is 2. The minimum atomic E-state index is -3.86. The normalized spacial score (nSPS) is 11.6. The molecule has 0 saturated carbocycles. The van der Waals surface area contributed by atoms with Crippen LogP contribution in [0.2, 0.25) is 0 Å². The fourth-order valence-corrected chi connectivity index (χ4v) is 3.89. The summed E-state index contributed by atoms with van der Waals surface area (Å²) in [4.78, 5) is 0.133. The molecule has 0 fully saturated rings. The summed E-state index contributed by atoms with van der Waals surface area (Å²) in [6.07, 6.45) is 1.57. The number of nitrogens with zero attached hydrogens (tertiary/aromatic N) is 2. The number of sulfonamides is 1. The average Bonchev–Trinajstić information content (AvgIpc) is 3.11. The van der Waals surface area contributed by atoms with Crippen molar-refractivity contribution in [3.05, 3.63) is 60.8 Å². The highest BCUT2D eigenvalue weighted by Gasteiger charge is 2.25. The van der Waals surface area contributed by atoms with E-state index in [0.29, 0.717) is 23.7 Å². The van der Waals surface area contributed by atoms with Gasteiger partial charge in [-0.15, -0.1) is 0 Å². The Kier molecular flexibility index (Phi) is 5.51. The fraction of sp³-hybridized carbons (Fsp3) is 0.250. The summed E-state index contributed by atoms with van der Waals surface area (Å²) in [7, 11) is -3.86. The maximum Gasteiger partial charge on any atom is 0.265 e.